The van der Waals surface area contributed by atoms with Gasteiger partial charge in [0.25, 0.3) is 11.8 Å². The molecule has 2 atom stereocenters. The number of nitriles is 1. The number of nitrogens with one attached hydrogen (secondary N) is 2. The average molecular weight is 350 g/mol. The van der Waals surface area contributed by atoms with Crippen molar-refractivity contribution in [1.29, 1.82) is 5.26 Å². The van der Waals surface area contributed by atoms with Gasteiger partial charge in [0.2, 0.25) is 0 Å². The van der Waals surface area contributed by atoms with Gasteiger partial charge in [0, 0.05) is 6.54 Å². The Bertz CT molecular complexity index is 614. The summed E-state index contributed by atoms with van der Waals surface area (Å²) in [6.45, 7) is 1.05. The number of hydrogen-bond acceptors (Lipinski definition) is 6. The Morgan fingerprint density at radius 2 is 2.20 bits per heavy atom. The lowest BCUT2D eigenvalue weighted by atomic mass is 9.73. The van der Waals surface area contributed by atoms with Gasteiger partial charge >= 0.3 is 12.0 Å². The summed E-state index contributed by atoms with van der Waals surface area (Å²) in [5, 5.41) is 13.5. The van der Waals surface area contributed by atoms with Crippen LogP contribution >= 0.6 is 0 Å². The number of hydrogen-bond donors (Lipinski definition) is 2. The third-order valence-corrected chi connectivity index (χ3v) is 4.71. The summed E-state index contributed by atoms with van der Waals surface area (Å²) in [6.07, 6.45) is 3.41. The van der Waals surface area contributed by atoms with E-state index in [0.717, 1.165) is 24.2 Å². The van der Waals surface area contributed by atoms with Gasteiger partial charge in [-0.2, -0.15) is 5.26 Å². The first-order valence-electron chi connectivity index (χ1n) is 8.34. The van der Waals surface area contributed by atoms with Gasteiger partial charge in [-0.05, 0) is 18.8 Å². The number of imide groups is 1. The van der Waals surface area contributed by atoms with Crippen molar-refractivity contribution in [3.63, 3.8) is 0 Å². The normalized spacial score (nSPS) is 25.4. The monoisotopic (exact) mass is 350 g/mol. The highest BCUT2D eigenvalue weighted by Gasteiger charge is 2.55. The fourth-order valence-electron chi connectivity index (χ4n) is 3.27. The molecule has 2 aliphatic rings. The molecule has 1 saturated carbocycles. The molecule has 0 unspecified atom stereocenters. The SMILES string of the molecule is C[C@H]1CCCC[C@@]12NC(=O)N(CC(=O)OCC(=O)NCCC#N)C2=O. The predicted octanol–water partition coefficient (Wildman–Crippen LogP) is 0.0602. The molecule has 4 amide bonds. The lowest BCUT2D eigenvalue weighted by molar-refractivity contribution is -0.151. The minimum absolute atomic E-state index is 0.00429. The van der Waals surface area contributed by atoms with Crippen LogP contribution in [0.4, 0.5) is 4.79 Å². The number of urea groups is 1. The Labute approximate surface area is 145 Å². The molecule has 1 heterocycles. The molecule has 2 N–H and O–H groups in total. The molecule has 2 rings (SSSR count). The Hall–Kier alpha value is -2.63. The van der Waals surface area contributed by atoms with E-state index >= 15 is 0 Å². The Morgan fingerprint density at radius 3 is 2.88 bits per heavy atom. The number of rotatable bonds is 6. The van der Waals surface area contributed by atoms with Crippen LogP contribution in [0.1, 0.15) is 39.0 Å². The summed E-state index contributed by atoms with van der Waals surface area (Å²) in [5.41, 5.74) is -0.926. The first-order chi connectivity index (χ1) is 11.9. The van der Waals surface area contributed by atoms with Crippen LogP contribution in [0.25, 0.3) is 0 Å². The number of esters is 1. The minimum Gasteiger partial charge on any atom is -0.454 e. The lowest BCUT2D eigenvalue weighted by Gasteiger charge is -2.36. The van der Waals surface area contributed by atoms with Crippen molar-refractivity contribution < 1.29 is 23.9 Å². The van der Waals surface area contributed by atoms with Crippen molar-refractivity contribution in [1.82, 2.24) is 15.5 Å². The molecule has 0 bridgehead atoms. The van der Waals surface area contributed by atoms with E-state index in [9.17, 15) is 19.2 Å². The average Bonchev–Trinajstić information content (AvgIpc) is 2.81. The van der Waals surface area contributed by atoms with Crippen molar-refractivity contribution in [3.8, 4) is 6.07 Å². The maximum absolute atomic E-state index is 12.7. The molecule has 1 aliphatic carbocycles. The van der Waals surface area contributed by atoms with Crippen molar-refractivity contribution in [2.24, 2.45) is 5.92 Å². The minimum atomic E-state index is -0.926. The first kappa shape index (κ1) is 18.7. The van der Waals surface area contributed by atoms with E-state index in [1.54, 1.807) is 0 Å². The molecule has 0 aromatic heterocycles. The van der Waals surface area contributed by atoms with Gasteiger partial charge in [0.05, 0.1) is 12.5 Å². The molecular formula is C16H22N4O5. The summed E-state index contributed by atoms with van der Waals surface area (Å²) in [4.78, 5) is 48.9. The molecule has 25 heavy (non-hydrogen) atoms. The predicted molar refractivity (Wildman–Crippen MR) is 84.8 cm³/mol. The quantitative estimate of drug-likeness (QED) is 0.396. The number of carbonyl (C=O) groups excluding carboxylic acids is 4. The van der Waals surface area contributed by atoms with Gasteiger partial charge in [-0.25, -0.2) is 4.79 Å². The molecule has 1 aliphatic heterocycles. The molecule has 0 aromatic rings. The molecule has 0 aromatic carbocycles. The first-order valence-corrected chi connectivity index (χ1v) is 8.34. The van der Waals surface area contributed by atoms with E-state index < -0.39 is 42.5 Å². The maximum atomic E-state index is 12.7. The van der Waals surface area contributed by atoms with Gasteiger partial charge in [0.1, 0.15) is 12.1 Å². The molecule has 136 valence electrons. The lowest BCUT2D eigenvalue weighted by Crippen LogP contribution is -2.54. The zero-order chi connectivity index (χ0) is 18.4. The fraction of sp³-hybridized carbons (Fsp3) is 0.688. The van der Waals surface area contributed by atoms with Gasteiger partial charge in [-0.3, -0.25) is 19.3 Å². The summed E-state index contributed by atoms with van der Waals surface area (Å²) < 4.78 is 4.79. The van der Waals surface area contributed by atoms with Crippen molar-refractivity contribution in [2.45, 2.75) is 44.6 Å². The van der Waals surface area contributed by atoms with E-state index in [2.05, 4.69) is 10.6 Å². The van der Waals surface area contributed by atoms with Crippen LogP contribution < -0.4 is 10.6 Å². The second kappa shape index (κ2) is 7.96. The highest BCUT2D eigenvalue weighted by atomic mass is 16.5. The van der Waals surface area contributed by atoms with Crippen molar-refractivity contribution >= 4 is 23.8 Å². The Kier molecular flexibility index (Phi) is 5.96. The Morgan fingerprint density at radius 1 is 1.44 bits per heavy atom. The van der Waals surface area contributed by atoms with Gasteiger partial charge in [-0.15, -0.1) is 0 Å². The van der Waals surface area contributed by atoms with E-state index in [0.29, 0.717) is 6.42 Å². The number of nitrogens with zero attached hydrogens (tertiary/aromatic N) is 2. The molecule has 2 fully saturated rings. The number of carbonyl (C=O) groups is 4. The van der Waals surface area contributed by atoms with E-state index in [-0.39, 0.29) is 18.9 Å². The van der Waals surface area contributed by atoms with Crippen LogP contribution in [0.15, 0.2) is 0 Å². The van der Waals surface area contributed by atoms with Crippen molar-refractivity contribution in [3.05, 3.63) is 0 Å². The summed E-state index contributed by atoms with van der Waals surface area (Å²) >= 11 is 0. The van der Waals surface area contributed by atoms with Crippen molar-refractivity contribution in [2.75, 3.05) is 19.7 Å². The molecule has 1 saturated heterocycles. The van der Waals surface area contributed by atoms with Crippen LogP contribution in [-0.4, -0.2) is 54.0 Å². The zero-order valence-electron chi connectivity index (χ0n) is 14.2. The smallest absolute Gasteiger partial charge is 0.326 e. The van der Waals surface area contributed by atoms with E-state index in [4.69, 9.17) is 10.00 Å². The van der Waals surface area contributed by atoms with Gasteiger partial charge < -0.3 is 15.4 Å². The zero-order valence-corrected chi connectivity index (χ0v) is 14.2. The second-order valence-electron chi connectivity index (χ2n) is 6.36. The van der Waals surface area contributed by atoms with Crippen LogP contribution in [0, 0.1) is 17.2 Å². The third-order valence-electron chi connectivity index (χ3n) is 4.71. The largest absolute Gasteiger partial charge is 0.454 e. The van der Waals surface area contributed by atoms with Gasteiger partial charge in [-0.1, -0.05) is 19.8 Å². The molecule has 9 heteroatoms. The van der Waals surface area contributed by atoms with Crippen LogP contribution in [0.3, 0.4) is 0 Å². The summed E-state index contributed by atoms with van der Waals surface area (Å²) in [6, 6.07) is 1.26. The van der Waals surface area contributed by atoms with Crippen LogP contribution in [-0.2, 0) is 19.1 Å². The topological polar surface area (TPSA) is 129 Å². The van der Waals surface area contributed by atoms with Crippen LogP contribution in [0.2, 0.25) is 0 Å². The summed E-state index contributed by atoms with van der Waals surface area (Å²) in [7, 11) is 0. The third kappa shape index (κ3) is 4.07. The highest BCUT2D eigenvalue weighted by Crippen LogP contribution is 2.38. The number of amides is 4. The van der Waals surface area contributed by atoms with E-state index in [1.807, 2.05) is 13.0 Å². The van der Waals surface area contributed by atoms with Gasteiger partial charge in [0.15, 0.2) is 6.61 Å². The standard InChI is InChI=1S/C16H22N4O5/c1-11-5-2-3-6-16(11)14(23)20(15(24)19-16)9-13(22)25-10-12(21)18-8-4-7-17/h11H,2-6,8-10H2,1H3,(H,18,21)(H,19,24)/t11-,16+/m0/s1. The summed E-state index contributed by atoms with van der Waals surface area (Å²) in [5.74, 6) is -1.78. The molecular weight excluding hydrogens is 328 g/mol. The fourth-order valence-corrected chi connectivity index (χ4v) is 3.27. The molecule has 0 radical (unpaired) electrons. The van der Waals surface area contributed by atoms with Crippen LogP contribution in [0.5, 0.6) is 0 Å². The Balaban J connectivity index is 1.86. The molecule has 9 nitrogen and oxygen atoms in total. The number of ether oxygens (including phenoxy) is 1. The highest BCUT2D eigenvalue weighted by molar-refractivity contribution is 6.09. The van der Waals surface area contributed by atoms with E-state index in [1.165, 1.54) is 0 Å². The molecule has 1 spiro atoms. The maximum Gasteiger partial charge on any atom is 0.326 e. The second-order valence-corrected chi connectivity index (χ2v) is 6.36.